The second-order valence-corrected chi connectivity index (χ2v) is 3.11. The molecule has 0 aromatic carbocycles. The van der Waals surface area contributed by atoms with Crippen LogP contribution in [0.5, 0.6) is 0 Å². The highest BCUT2D eigenvalue weighted by Crippen LogP contribution is 2.21. The standard InChI is InChI=1S/C11H10N2O6/c1-4-8(16)18-10(19-9(17)5-2)11(3,12-6-14)13-7-15/h4-5,10H,1-2H2,3H3. The Kier molecular flexibility index (Phi) is 6.38. The molecule has 0 bridgehead atoms. The summed E-state index contributed by atoms with van der Waals surface area (Å²) in [5.74, 6) is -1.95. The van der Waals surface area contributed by atoms with Crippen LogP contribution in [0.15, 0.2) is 35.3 Å². The van der Waals surface area contributed by atoms with E-state index in [2.05, 4.69) is 32.6 Å². The summed E-state index contributed by atoms with van der Waals surface area (Å²) in [6.07, 6.45) is 2.04. The quantitative estimate of drug-likeness (QED) is 0.213. The van der Waals surface area contributed by atoms with Gasteiger partial charge in [0.2, 0.25) is 17.8 Å². The number of hydrogen-bond acceptors (Lipinski definition) is 8. The Hall–Kier alpha value is -2.82. The Balaban J connectivity index is 5.49. The molecule has 0 aromatic rings. The molecule has 0 aromatic heterocycles. The molecule has 0 amide bonds. The highest BCUT2D eigenvalue weighted by atomic mass is 16.7. The molecule has 0 aliphatic carbocycles. The van der Waals surface area contributed by atoms with Gasteiger partial charge in [-0.1, -0.05) is 13.2 Å². The summed E-state index contributed by atoms with van der Waals surface area (Å²) in [6.45, 7) is 7.37. The van der Waals surface area contributed by atoms with Crippen LogP contribution in [0.25, 0.3) is 0 Å². The van der Waals surface area contributed by atoms with Gasteiger partial charge < -0.3 is 9.47 Å². The lowest BCUT2D eigenvalue weighted by Gasteiger charge is -2.26. The maximum atomic E-state index is 11.1. The molecule has 100 valence electrons. The van der Waals surface area contributed by atoms with Crippen LogP contribution < -0.4 is 0 Å². The molecule has 8 nitrogen and oxygen atoms in total. The molecule has 0 aliphatic rings. The molecule has 0 N–H and O–H groups in total. The van der Waals surface area contributed by atoms with Gasteiger partial charge in [0, 0.05) is 12.2 Å². The number of rotatable bonds is 7. The van der Waals surface area contributed by atoms with E-state index < -0.39 is 23.9 Å². The lowest BCUT2D eigenvalue weighted by atomic mass is 10.2. The van der Waals surface area contributed by atoms with E-state index in [4.69, 9.17) is 0 Å². The Morgan fingerprint density at radius 2 is 1.47 bits per heavy atom. The average Bonchev–Trinajstić information content (AvgIpc) is 2.38. The first kappa shape index (κ1) is 16.2. The third-order valence-electron chi connectivity index (χ3n) is 1.77. The zero-order chi connectivity index (χ0) is 14.9. The van der Waals surface area contributed by atoms with Crippen molar-refractivity contribution in [3.63, 3.8) is 0 Å². The molecule has 0 saturated heterocycles. The first-order chi connectivity index (χ1) is 8.93. The minimum absolute atomic E-state index is 0.782. The molecular weight excluding hydrogens is 256 g/mol. The second-order valence-electron chi connectivity index (χ2n) is 3.11. The van der Waals surface area contributed by atoms with Crippen LogP contribution in [0, 0.1) is 0 Å². The Morgan fingerprint density at radius 3 is 1.74 bits per heavy atom. The van der Waals surface area contributed by atoms with Crippen LogP contribution in [0.2, 0.25) is 0 Å². The summed E-state index contributed by atoms with van der Waals surface area (Å²) < 4.78 is 9.30. The van der Waals surface area contributed by atoms with Gasteiger partial charge in [0.25, 0.3) is 6.29 Å². The van der Waals surface area contributed by atoms with E-state index in [1.54, 1.807) is 0 Å². The number of esters is 2. The minimum Gasteiger partial charge on any atom is -0.417 e. The Bertz CT molecular complexity index is 445. The number of nitrogens with zero attached hydrogens (tertiary/aromatic N) is 2. The van der Waals surface area contributed by atoms with Gasteiger partial charge in [-0.05, 0) is 6.92 Å². The van der Waals surface area contributed by atoms with E-state index in [-0.39, 0.29) is 0 Å². The molecule has 19 heavy (non-hydrogen) atoms. The third kappa shape index (κ3) is 4.91. The lowest BCUT2D eigenvalue weighted by molar-refractivity contribution is -0.192. The maximum Gasteiger partial charge on any atom is 0.333 e. The van der Waals surface area contributed by atoms with Gasteiger partial charge >= 0.3 is 11.9 Å². The van der Waals surface area contributed by atoms with E-state index in [1.165, 1.54) is 0 Å². The molecule has 8 heteroatoms. The van der Waals surface area contributed by atoms with Crippen molar-refractivity contribution < 1.29 is 28.7 Å². The Labute approximate surface area is 108 Å². The van der Waals surface area contributed by atoms with Crippen molar-refractivity contribution in [3.8, 4) is 0 Å². The van der Waals surface area contributed by atoms with Crippen molar-refractivity contribution in [3.05, 3.63) is 25.3 Å². The largest absolute Gasteiger partial charge is 0.417 e. The fourth-order valence-electron chi connectivity index (χ4n) is 0.870. The molecule has 0 heterocycles. The fourth-order valence-corrected chi connectivity index (χ4v) is 0.870. The molecule has 0 atom stereocenters. The number of carbonyl (C=O) groups is 2. The highest BCUT2D eigenvalue weighted by molar-refractivity contribution is 5.83. The van der Waals surface area contributed by atoms with Gasteiger partial charge in [-0.3, -0.25) is 0 Å². The summed E-state index contributed by atoms with van der Waals surface area (Å²) in [5.41, 5.74) is -2.00. The second kappa shape index (κ2) is 7.50. The summed E-state index contributed by atoms with van der Waals surface area (Å²) in [4.78, 5) is 49.2. The molecule has 0 spiro atoms. The van der Waals surface area contributed by atoms with E-state index >= 15 is 0 Å². The van der Waals surface area contributed by atoms with Crippen molar-refractivity contribution in [2.75, 3.05) is 0 Å². The smallest absolute Gasteiger partial charge is 0.333 e. The normalized spacial score (nSPS) is 12.1. The van der Waals surface area contributed by atoms with Gasteiger partial charge in [-0.25, -0.2) is 19.2 Å². The van der Waals surface area contributed by atoms with Crippen molar-refractivity contribution in [1.29, 1.82) is 0 Å². The van der Waals surface area contributed by atoms with Crippen LogP contribution in [-0.2, 0) is 28.7 Å². The summed E-state index contributed by atoms with van der Waals surface area (Å²) >= 11 is 0. The summed E-state index contributed by atoms with van der Waals surface area (Å²) in [7, 11) is 0. The predicted octanol–water partition coefficient (Wildman–Crippen LogP) is 0.159. The Morgan fingerprint density at radius 1 is 1.11 bits per heavy atom. The molecule has 0 saturated carbocycles. The van der Waals surface area contributed by atoms with Gasteiger partial charge in [-0.2, -0.15) is 9.98 Å². The van der Waals surface area contributed by atoms with Crippen LogP contribution in [0.3, 0.4) is 0 Å². The number of carbonyl (C=O) groups excluding carboxylic acids is 4. The molecule has 0 radical (unpaired) electrons. The minimum atomic E-state index is -2.00. The van der Waals surface area contributed by atoms with Gasteiger partial charge in [-0.15, -0.1) is 0 Å². The van der Waals surface area contributed by atoms with E-state index in [0.29, 0.717) is 0 Å². The number of ether oxygens (including phenoxy) is 2. The maximum absolute atomic E-state index is 11.1. The molecular formula is C11H10N2O6. The zero-order valence-corrected chi connectivity index (χ0v) is 9.99. The van der Waals surface area contributed by atoms with E-state index in [1.807, 2.05) is 0 Å². The van der Waals surface area contributed by atoms with Crippen molar-refractivity contribution in [2.24, 2.45) is 9.98 Å². The van der Waals surface area contributed by atoms with Crippen molar-refractivity contribution in [2.45, 2.75) is 18.9 Å². The topological polar surface area (TPSA) is 111 Å². The first-order valence-corrected chi connectivity index (χ1v) is 4.77. The van der Waals surface area contributed by atoms with E-state index in [9.17, 15) is 19.2 Å². The lowest BCUT2D eigenvalue weighted by Crippen LogP contribution is -2.42. The van der Waals surface area contributed by atoms with Gasteiger partial charge in [0.15, 0.2) is 0 Å². The van der Waals surface area contributed by atoms with Gasteiger partial charge in [0.05, 0.1) is 0 Å². The predicted molar refractivity (Wildman–Crippen MR) is 61.0 cm³/mol. The zero-order valence-electron chi connectivity index (χ0n) is 9.99. The molecule has 0 rings (SSSR count). The number of aliphatic imine (C=N–C) groups is 2. The van der Waals surface area contributed by atoms with Crippen molar-refractivity contribution in [1.82, 2.24) is 0 Å². The monoisotopic (exact) mass is 266 g/mol. The third-order valence-corrected chi connectivity index (χ3v) is 1.77. The SMILES string of the molecule is C=CC(=O)OC(OC(=O)C=C)C(C)(N=C=O)N=C=O. The van der Waals surface area contributed by atoms with Crippen LogP contribution in [0.4, 0.5) is 0 Å². The number of isocyanates is 2. The summed E-state index contributed by atoms with van der Waals surface area (Å²) in [6, 6.07) is 0. The van der Waals surface area contributed by atoms with Crippen molar-refractivity contribution >= 4 is 24.1 Å². The first-order valence-electron chi connectivity index (χ1n) is 4.77. The number of hydrogen-bond donors (Lipinski definition) is 0. The molecule has 0 aliphatic heterocycles. The molecule has 0 fully saturated rings. The van der Waals surface area contributed by atoms with Crippen LogP contribution in [-0.4, -0.2) is 36.1 Å². The molecule has 0 unspecified atom stereocenters. The fraction of sp³-hybridized carbons (Fsp3) is 0.273. The van der Waals surface area contributed by atoms with Crippen LogP contribution in [0.1, 0.15) is 6.92 Å². The average molecular weight is 266 g/mol. The highest BCUT2D eigenvalue weighted by Gasteiger charge is 2.40. The summed E-state index contributed by atoms with van der Waals surface area (Å²) in [5, 5.41) is 0. The van der Waals surface area contributed by atoms with Gasteiger partial charge in [0.1, 0.15) is 0 Å². The van der Waals surface area contributed by atoms with Crippen LogP contribution >= 0.6 is 0 Å². The van der Waals surface area contributed by atoms with E-state index in [0.717, 1.165) is 31.2 Å².